The molecule has 4 rings (SSSR count). The fraction of sp³-hybridized carbons (Fsp3) is 0.273. The highest BCUT2D eigenvalue weighted by molar-refractivity contribution is 7.98. The van der Waals surface area contributed by atoms with E-state index < -0.39 is 0 Å². The van der Waals surface area contributed by atoms with Crippen LogP contribution in [0.2, 0.25) is 0 Å². The van der Waals surface area contributed by atoms with Crippen molar-refractivity contribution in [2.24, 2.45) is 0 Å². The van der Waals surface area contributed by atoms with Crippen molar-refractivity contribution in [1.29, 1.82) is 0 Å². The van der Waals surface area contributed by atoms with Gasteiger partial charge in [0.25, 0.3) is 0 Å². The van der Waals surface area contributed by atoms with E-state index in [9.17, 15) is 4.79 Å². The molecule has 0 radical (unpaired) electrons. The van der Waals surface area contributed by atoms with Crippen LogP contribution in [0.25, 0.3) is 5.69 Å². The van der Waals surface area contributed by atoms with Crippen LogP contribution < -0.4 is 5.32 Å². The summed E-state index contributed by atoms with van der Waals surface area (Å²) in [5, 5.41) is 7.98. The van der Waals surface area contributed by atoms with E-state index in [1.165, 1.54) is 5.56 Å². The van der Waals surface area contributed by atoms with E-state index >= 15 is 0 Å². The third kappa shape index (κ3) is 3.52. The monoisotopic (exact) mass is 377 g/mol. The molecule has 0 unspecified atom stereocenters. The van der Waals surface area contributed by atoms with Gasteiger partial charge >= 0.3 is 0 Å². The number of hydrogen-bond acceptors (Lipinski definition) is 3. The Morgan fingerprint density at radius 2 is 1.89 bits per heavy atom. The molecule has 138 valence electrons. The van der Waals surface area contributed by atoms with Crippen molar-refractivity contribution in [2.45, 2.75) is 37.7 Å². The third-order valence-corrected chi connectivity index (χ3v) is 5.97. The molecule has 1 atom stereocenters. The summed E-state index contributed by atoms with van der Waals surface area (Å²) < 4.78 is 1.89. The molecule has 1 aliphatic rings. The predicted molar refractivity (Wildman–Crippen MR) is 111 cm³/mol. The Bertz CT molecular complexity index is 948. The Kier molecular flexibility index (Phi) is 5.03. The molecule has 1 amide bonds. The van der Waals surface area contributed by atoms with Crippen molar-refractivity contribution in [3.8, 4) is 5.69 Å². The average molecular weight is 378 g/mol. The number of thioether (sulfide) groups is 1. The molecule has 2 heterocycles. The minimum atomic E-state index is -0.169. The van der Waals surface area contributed by atoms with Crippen molar-refractivity contribution < 1.29 is 4.79 Å². The fourth-order valence-electron chi connectivity index (χ4n) is 3.48. The van der Waals surface area contributed by atoms with Crippen LogP contribution in [-0.4, -0.2) is 15.7 Å². The third-order valence-electron chi connectivity index (χ3n) is 5.00. The zero-order chi connectivity index (χ0) is 18.8. The molecule has 4 nitrogen and oxygen atoms in total. The number of carbonyl (C=O) groups is 1. The summed E-state index contributed by atoms with van der Waals surface area (Å²) in [7, 11) is 0. The lowest BCUT2D eigenvalue weighted by atomic mass is 9.95. The summed E-state index contributed by atoms with van der Waals surface area (Å²) >= 11 is 1.84. The Balaban J connectivity index is 1.69. The van der Waals surface area contributed by atoms with Crippen molar-refractivity contribution >= 4 is 23.5 Å². The van der Waals surface area contributed by atoms with Gasteiger partial charge in [-0.05, 0) is 31.0 Å². The first-order valence-corrected chi connectivity index (χ1v) is 10.4. The van der Waals surface area contributed by atoms with Gasteiger partial charge < -0.3 is 5.32 Å². The van der Waals surface area contributed by atoms with Crippen LogP contribution in [0.5, 0.6) is 0 Å². The molecular formula is C22H23N3OS. The molecule has 0 saturated carbocycles. The van der Waals surface area contributed by atoms with Crippen LogP contribution in [0.4, 0.5) is 5.82 Å². The van der Waals surface area contributed by atoms with Crippen LogP contribution in [0.3, 0.4) is 0 Å². The molecule has 0 fully saturated rings. The minimum absolute atomic E-state index is 0.0247. The predicted octanol–water partition coefficient (Wildman–Crippen LogP) is 5.06. The quantitative estimate of drug-likeness (QED) is 0.676. The molecule has 1 aliphatic heterocycles. The summed E-state index contributed by atoms with van der Waals surface area (Å²) in [6, 6.07) is 18.2. The maximum absolute atomic E-state index is 13.1. The maximum atomic E-state index is 13.1. The average Bonchev–Trinajstić information content (AvgIpc) is 3.27. The van der Waals surface area contributed by atoms with Gasteiger partial charge in [0, 0.05) is 17.1 Å². The Morgan fingerprint density at radius 3 is 2.59 bits per heavy atom. The second-order valence-electron chi connectivity index (χ2n) is 6.87. The summed E-state index contributed by atoms with van der Waals surface area (Å²) in [6.07, 6.45) is 0.755. The number of aromatic nitrogens is 2. The van der Waals surface area contributed by atoms with Crippen LogP contribution >= 0.6 is 11.8 Å². The van der Waals surface area contributed by atoms with Gasteiger partial charge in [0.05, 0.1) is 17.3 Å². The normalized spacial score (nSPS) is 14.0. The lowest BCUT2D eigenvalue weighted by Crippen LogP contribution is -2.23. The first-order chi connectivity index (χ1) is 13.2. The highest BCUT2D eigenvalue weighted by Gasteiger charge is 2.27. The zero-order valence-corrected chi connectivity index (χ0v) is 16.4. The second kappa shape index (κ2) is 7.61. The molecule has 27 heavy (non-hydrogen) atoms. The van der Waals surface area contributed by atoms with E-state index in [4.69, 9.17) is 5.10 Å². The Hall–Kier alpha value is -2.53. The summed E-state index contributed by atoms with van der Waals surface area (Å²) in [5.74, 6) is 2.46. The SMILES string of the molecule is CC[C@@H](C(=O)Nc1c2c(nn1-c1ccc(C)cc1)CSC2)c1ccccc1. The lowest BCUT2D eigenvalue weighted by molar-refractivity contribution is -0.117. The van der Waals surface area contributed by atoms with E-state index in [0.29, 0.717) is 0 Å². The van der Waals surface area contributed by atoms with Gasteiger partial charge in [0.15, 0.2) is 0 Å². The number of hydrogen-bond donors (Lipinski definition) is 1. The van der Waals surface area contributed by atoms with E-state index in [-0.39, 0.29) is 11.8 Å². The molecule has 0 saturated heterocycles. The molecule has 0 spiro atoms. The molecular weight excluding hydrogens is 354 g/mol. The molecule has 3 aromatic rings. The number of rotatable bonds is 5. The molecule has 0 aliphatic carbocycles. The van der Waals surface area contributed by atoms with Gasteiger partial charge in [-0.15, -0.1) is 0 Å². The van der Waals surface area contributed by atoms with Crippen LogP contribution in [0.1, 0.15) is 41.6 Å². The number of amides is 1. The van der Waals surface area contributed by atoms with Gasteiger partial charge in [0.2, 0.25) is 5.91 Å². The zero-order valence-electron chi connectivity index (χ0n) is 15.6. The minimum Gasteiger partial charge on any atom is -0.310 e. The highest BCUT2D eigenvalue weighted by Crippen LogP contribution is 2.36. The van der Waals surface area contributed by atoms with Crippen molar-refractivity contribution in [2.75, 3.05) is 5.32 Å². The highest BCUT2D eigenvalue weighted by atomic mass is 32.2. The van der Waals surface area contributed by atoms with E-state index in [2.05, 4.69) is 43.4 Å². The van der Waals surface area contributed by atoms with Crippen molar-refractivity contribution in [3.05, 3.63) is 77.0 Å². The fourth-order valence-corrected chi connectivity index (χ4v) is 4.51. The number of carbonyl (C=O) groups excluding carboxylic acids is 1. The lowest BCUT2D eigenvalue weighted by Gasteiger charge is -2.17. The number of aryl methyl sites for hydroxylation is 1. The van der Waals surface area contributed by atoms with Crippen molar-refractivity contribution in [1.82, 2.24) is 9.78 Å². The van der Waals surface area contributed by atoms with Gasteiger partial charge in [-0.25, -0.2) is 4.68 Å². The number of nitrogens with one attached hydrogen (secondary N) is 1. The second-order valence-corrected chi connectivity index (χ2v) is 7.86. The standard InChI is InChI=1S/C22H23N3OS/c1-3-18(16-7-5-4-6-8-16)22(26)23-21-19-13-27-14-20(19)24-25(21)17-11-9-15(2)10-12-17/h4-12,18H,3,13-14H2,1-2H3,(H,23,26)/t18-/m1/s1. The summed E-state index contributed by atoms with van der Waals surface area (Å²) in [4.78, 5) is 13.1. The first-order valence-electron chi connectivity index (χ1n) is 9.28. The molecule has 5 heteroatoms. The topological polar surface area (TPSA) is 46.9 Å². The van der Waals surface area contributed by atoms with E-state index in [1.807, 2.05) is 46.8 Å². The summed E-state index contributed by atoms with van der Waals surface area (Å²) in [6.45, 7) is 4.12. The number of fused-ring (bicyclic) bond motifs is 1. The van der Waals surface area contributed by atoms with Gasteiger partial charge in [-0.1, -0.05) is 55.0 Å². The molecule has 1 aromatic heterocycles. The molecule has 2 aromatic carbocycles. The van der Waals surface area contributed by atoms with Crippen molar-refractivity contribution in [3.63, 3.8) is 0 Å². The van der Waals surface area contributed by atoms with Gasteiger partial charge in [-0.2, -0.15) is 16.9 Å². The van der Waals surface area contributed by atoms with Crippen LogP contribution in [0.15, 0.2) is 54.6 Å². The summed E-state index contributed by atoms with van der Waals surface area (Å²) in [5.41, 5.74) is 5.45. The molecule has 1 N–H and O–H groups in total. The number of nitrogens with zero attached hydrogens (tertiary/aromatic N) is 2. The number of benzene rings is 2. The molecule has 0 bridgehead atoms. The Morgan fingerprint density at radius 1 is 1.15 bits per heavy atom. The number of anilines is 1. The van der Waals surface area contributed by atoms with Gasteiger partial charge in [-0.3, -0.25) is 4.79 Å². The van der Waals surface area contributed by atoms with E-state index in [0.717, 1.165) is 46.3 Å². The van der Waals surface area contributed by atoms with Crippen LogP contribution in [0, 0.1) is 6.92 Å². The first kappa shape index (κ1) is 17.9. The van der Waals surface area contributed by atoms with Crippen LogP contribution in [-0.2, 0) is 16.3 Å². The van der Waals surface area contributed by atoms with E-state index in [1.54, 1.807) is 0 Å². The maximum Gasteiger partial charge on any atom is 0.233 e. The largest absolute Gasteiger partial charge is 0.310 e. The Labute approximate surface area is 164 Å². The van der Waals surface area contributed by atoms with Gasteiger partial charge in [0.1, 0.15) is 5.82 Å². The smallest absolute Gasteiger partial charge is 0.233 e.